The van der Waals surface area contributed by atoms with Crippen molar-refractivity contribution in [3.63, 3.8) is 0 Å². The van der Waals surface area contributed by atoms with Gasteiger partial charge in [-0.25, -0.2) is 4.98 Å². The summed E-state index contributed by atoms with van der Waals surface area (Å²) >= 11 is 6.52. The van der Waals surface area contributed by atoms with Crippen LogP contribution in [0.4, 0.5) is 4.39 Å². The zero-order valence-electron chi connectivity index (χ0n) is 18.0. The van der Waals surface area contributed by atoms with E-state index in [2.05, 4.69) is 15.5 Å². The molecule has 2 unspecified atom stereocenters. The Bertz CT molecular complexity index is 1430. The van der Waals surface area contributed by atoms with Gasteiger partial charge in [0.1, 0.15) is 16.7 Å². The van der Waals surface area contributed by atoms with Crippen molar-refractivity contribution in [2.24, 2.45) is 5.92 Å². The first kappa shape index (κ1) is 21.6. The van der Waals surface area contributed by atoms with Crippen LogP contribution in [-0.2, 0) is 0 Å². The van der Waals surface area contributed by atoms with Crippen LogP contribution in [0.25, 0.3) is 21.8 Å². The van der Waals surface area contributed by atoms with E-state index in [1.54, 1.807) is 13.0 Å². The van der Waals surface area contributed by atoms with Gasteiger partial charge in [-0.3, -0.25) is 9.59 Å². The van der Waals surface area contributed by atoms with Gasteiger partial charge in [-0.05, 0) is 50.3 Å². The highest BCUT2D eigenvalue weighted by Gasteiger charge is 2.28. The number of nitrogens with zero attached hydrogens (tertiary/aromatic N) is 3. The Morgan fingerprint density at radius 1 is 1.30 bits per heavy atom. The summed E-state index contributed by atoms with van der Waals surface area (Å²) in [6, 6.07) is 8.04. The molecule has 0 aliphatic heterocycles. The number of nitrogens with one attached hydrogen (secondary N) is 1. The van der Waals surface area contributed by atoms with Gasteiger partial charge < -0.3 is 14.4 Å². The molecule has 0 bridgehead atoms. The third kappa shape index (κ3) is 3.88. The lowest BCUT2D eigenvalue weighted by molar-refractivity contribution is 0.0939. The second-order valence-electron chi connectivity index (χ2n) is 8.54. The summed E-state index contributed by atoms with van der Waals surface area (Å²) in [5, 5.41) is 8.67. The van der Waals surface area contributed by atoms with E-state index in [-0.39, 0.29) is 29.0 Å². The number of fused-ring (bicyclic) bond motifs is 3. The summed E-state index contributed by atoms with van der Waals surface area (Å²) in [4.78, 5) is 29.4. The maximum atomic E-state index is 13.5. The van der Waals surface area contributed by atoms with Crippen molar-refractivity contribution in [3.05, 3.63) is 69.2 Å². The molecule has 33 heavy (non-hydrogen) atoms. The Hall–Kier alpha value is -3.26. The number of halogens is 2. The third-order valence-corrected chi connectivity index (χ3v) is 6.76. The van der Waals surface area contributed by atoms with Crippen molar-refractivity contribution >= 4 is 39.3 Å². The van der Waals surface area contributed by atoms with E-state index in [9.17, 15) is 14.0 Å². The van der Waals surface area contributed by atoms with E-state index in [1.165, 1.54) is 12.3 Å². The SMILES string of the molecule is Cc1onc2c1c(=O)n(C1CCCC(CNC(=O)c3ccnc(F)c3)C1)c1cccc(Cl)c21. The number of carbonyl (C=O) groups is 1. The lowest BCUT2D eigenvalue weighted by Crippen LogP contribution is -2.34. The van der Waals surface area contributed by atoms with E-state index >= 15 is 0 Å². The molecular weight excluding hydrogens is 447 g/mol. The lowest BCUT2D eigenvalue weighted by Gasteiger charge is -2.31. The smallest absolute Gasteiger partial charge is 0.264 e. The van der Waals surface area contributed by atoms with E-state index in [1.807, 2.05) is 16.7 Å². The molecule has 170 valence electrons. The van der Waals surface area contributed by atoms with E-state index in [0.717, 1.165) is 37.3 Å². The number of hydrogen-bond donors (Lipinski definition) is 1. The third-order valence-electron chi connectivity index (χ3n) is 6.44. The van der Waals surface area contributed by atoms with Crippen LogP contribution in [0.15, 0.2) is 45.8 Å². The predicted octanol–water partition coefficient (Wildman–Crippen LogP) is 4.80. The van der Waals surface area contributed by atoms with Gasteiger partial charge in [0.15, 0.2) is 0 Å². The fraction of sp³-hybridized carbons (Fsp3) is 0.333. The number of benzene rings is 1. The number of aryl methyl sites for hydroxylation is 1. The fourth-order valence-electron chi connectivity index (χ4n) is 4.90. The van der Waals surface area contributed by atoms with Gasteiger partial charge in [-0.1, -0.05) is 29.2 Å². The van der Waals surface area contributed by atoms with Crippen LogP contribution in [0.1, 0.15) is 47.8 Å². The van der Waals surface area contributed by atoms with Crippen molar-refractivity contribution in [1.29, 1.82) is 0 Å². The molecule has 1 aromatic carbocycles. The standard InChI is InChI=1S/C24H22ClFN4O3/c1-13-20-22(29-33-13)21-17(25)6-3-7-18(21)30(24(20)32)16-5-2-4-14(10-16)12-28-23(31)15-8-9-27-19(26)11-15/h3,6-9,11,14,16H,2,4-5,10,12H2,1H3,(H,28,31). The zero-order chi connectivity index (χ0) is 23.1. The minimum Gasteiger partial charge on any atom is -0.360 e. The van der Waals surface area contributed by atoms with Crippen LogP contribution in [-0.4, -0.2) is 27.2 Å². The number of carbonyl (C=O) groups excluding carboxylic acids is 1. The van der Waals surface area contributed by atoms with Crippen LogP contribution in [0, 0.1) is 18.8 Å². The lowest BCUT2D eigenvalue weighted by atomic mass is 9.85. The van der Waals surface area contributed by atoms with Crippen molar-refractivity contribution in [2.75, 3.05) is 6.54 Å². The first-order chi connectivity index (χ1) is 15.9. The molecule has 4 aromatic rings. The molecule has 1 aliphatic rings. The summed E-state index contributed by atoms with van der Waals surface area (Å²) in [6.45, 7) is 2.17. The maximum absolute atomic E-state index is 13.5. The second-order valence-corrected chi connectivity index (χ2v) is 8.94. The van der Waals surface area contributed by atoms with Crippen LogP contribution < -0.4 is 10.9 Å². The van der Waals surface area contributed by atoms with Gasteiger partial charge in [0.2, 0.25) is 5.95 Å². The molecule has 1 N–H and O–H groups in total. The zero-order valence-corrected chi connectivity index (χ0v) is 18.7. The average Bonchev–Trinajstić information content (AvgIpc) is 3.19. The second kappa shape index (κ2) is 8.59. The largest absolute Gasteiger partial charge is 0.360 e. The monoisotopic (exact) mass is 468 g/mol. The predicted molar refractivity (Wildman–Crippen MR) is 123 cm³/mol. The molecule has 0 radical (unpaired) electrons. The molecule has 9 heteroatoms. The summed E-state index contributed by atoms with van der Waals surface area (Å²) < 4.78 is 20.5. The minimum atomic E-state index is -0.690. The maximum Gasteiger partial charge on any atom is 0.264 e. The Labute approximate surface area is 193 Å². The van der Waals surface area contributed by atoms with Crippen LogP contribution in [0.3, 0.4) is 0 Å². The first-order valence-electron chi connectivity index (χ1n) is 10.9. The summed E-state index contributed by atoms with van der Waals surface area (Å²) in [6.07, 6.45) is 4.69. The molecule has 0 saturated heterocycles. The van der Waals surface area contributed by atoms with Gasteiger partial charge in [0.25, 0.3) is 11.5 Å². The molecule has 1 aliphatic carbocycles. The molecular formula is C24H22ClFN4O3. The first-order valence-corrected chi connectivity index (χ1v) is 11.3. The quantitative estimate of drug-likeness (QED) is 0.434. The highest BCUT2D eigenvalue weighted by atomic mass is 35.5. The molecule has 2 atom stereocenters. The topological polar surface area (TPSA) is 90.0 Å². The molecule has 1 saturated carbocycles. The molecule has 0 spiro atoms. The van der Waals surface area contributed by atoms with Crippen LogP contribution >= 0.6 is 11.6 Å². The van der Waals surface area contributed by atoms with Crippen molar-refractivity contribution in [2.45, 2.75) is 38.6 Å². The summed E-state index contributed by atoms with van der Waals surface area (Å²) in [7, 11) is 0. The normalized spacial score (nSPS) is 18.6. The number of aromatic nitrogens is 3. The number of rotatable bonds is 4. The minimum absolute atomic E-state index is 0.0498. The van der Waals surface area contributed by atoms with E-state index < -0.39 is 5.95 Å². The molecule has 1 fully saturated rings. The van der Waals surface area contributed by atoms with Gasteiger partial charge in [0.05, 0.1) is 10.5 Å². The summed E-state index contributed by atoms with van der Waals surface area (Å²) in [5.41, 5.74) is 1.31. The molecule has 5 rings (SSSR count). The van der Waals surface area contributed by atoms with E-state index in [0.29, 0.717) is 33.6 Å². The van der Waals surface area contributed by atoms with Gasteiger partial charge in [-0.15, -0.1) is 0 Å². The van der Waals surface area contributed by atoms with Crippen LogP contribution in [0.2, 0.25) is 5.02 Å². The molecule has 3 aromatic heterocycles. The molecule has 1 amide bonds. The van der Waals surface area contributed by atoms with Gasteiger partial charge >= 0.3 is 0 Å². The average molecular weight is 469 g/mol. The van der Waals surface area contributed by atoms with Crippen molar-refractivity contribution in [3.8, 4) is 0 Å². The van der Waals surface area contributed by atoms with Gasteiger partial charge in [0, 0.05) is 35.8 Å². The van der Waals surface area contributed by atoms with Crippen molar-refractivity contribution in [1.82, 2.24) is 20.0 Å². The van der Waals surface area contributed by atoms with E-state index in [4.69, 9.17) is 16.1 Å². The highest BCUT2D eigenvalue weighted by molar-refractivity contribution is 6.37. The molecule has 7 nitrogen and oxygen atoms in total. The number of pyridine rings is 2. The fourth-order valence-corrected chi connectivity index (χ4v) is 5.16. The Kier molecular flexibility index (Phi) is 5.62. The summed E-state index contributed by atoms with van der Waals surface area (Å²) in [5.74, 6) is -0.381. The number of hydrogen-bond acceptors (Lipinski definition) is 5. The Balaban J connectivity index is 1.45. The molecule has 3 heterocycles. The van der Waals surface area contributed by atoms with Gasteiger partial charge in [-0.2, -0.15) is 4.39 Å². The van der Waals surface area contributed by atoms with Crippen molar-refractivity contribution < 1.29 is 13.7 Å². The Morgan fingerprint density at radius 3 is 2.97 bits per heavy atom. The highest BCUT2D eigenvalue weighted by Crippen LogP contribution is 2.36. The number of amides is 1. The van der Waals surface area contributed by atoms with Crippen LogP contribution in [0.5, 0.6) is 0 Å². The Morgan fingerprint density at radius 2 is 2.15 bits per heavy atom.